The van der Waals surface area contributed by atoms with Crippen LogP contribution in [0.15, 0.2) is 156 Å². The standard InChI is InChI=1S/C42H25F4NO/c43-31-17-29(18-32(44)24-31)26-7-3-10-35(21-26)47(36-11-4-8-27(22-36)30-19-33(45)25-34(46)20-30)37-12-5-9-28(23-37)38-14-6-15-40-39-13-1-2-16-41(39)48-42(38)40/h1-25H. The zero-order chi connectivity index (χ0) is 32.8. The molecule has 0 bridgehead atoms. The first kappa shape index (κ1) is 29.3. The first-order chi connectivity index (χ1) is 23.4. The number of hydrogen-bond donors (Lipinski definition) is 0. The van der Waals surface area contributed by atoms with E-state index < -0.39 is 23.3 Å². The normalized spacial score (nSPS) is 11.3. The molecule has 8 rings (SSSR count). The Hall–Kier alpha value is -6.14. The van der Waals surface area contributed by atoms with Gasteiger partial charge >= 0.3 is 0 Å². The number of hydrogen-bond acceptors (Lipinski definition) is 2. The molecule has 1 heterocycles. The number of nitrogens with zero attached hydrogens (tertiary/aromatic N) is 1. The maximum absolute atomic E-state index is 14.2. The van der Waals surface area contributed by atoms with Crippen LogP contribution in [0.2, 0.25) is 0 Å². The molecule has 0 aliphatic carbocycles. The van der Waals surface area contributed by atoms with Crippen molar-refractivity contribution in [2.75, 3.05) is 4.90 Å². The van der Waals surface area contributed by atoms with E-state index in [-0.39, 0.29) is 0 Å². The van der Waals surface area contributed by atoms with Gasteiger partial charge in [0, 0.05) is 45.5 Å². The van der Waals surface area contributed by atoms with Gasteiger partial charge in [-0.05, 0) is 94.5 Å². The van der Waals surface area contributed by atoms with Crippen molar-refractivity contribution in [3.05, 3.63) is 175 Å². The summed E-state index contributed by atoms with van der Waals surface area (Å²) in [5.74, 6) is -2.69. The second-order valence-electron chi connectivity index (χ2n) is 11.6. The minimum atomic E-state index is -0.672. The average molecular weight is 636 g/mol. The lowest BCUT2D eigenvalue weighted by Gasteiger charge is -2.27. The van der Waals surface area contributed by atoms with Crippen molar-refractivity contribution in [3.63, 3.8) is 0 Å². The number of rotatable bonds is 6. The molecule has 0 aliphatic rings. The summed E-state index contributed by atoms with van der Waals surface area (Å²) in [6.45, 7) is 0. The van der Waals surface area contributed by atoms with Crippen LogP contribution < -0.4 is 4.90 Å². The van der Waals surface area contributed by atoms with E-state index in [4.69, 9.17) is 4.42 Å². The van der Waals surface area contributed by atoms with E-state index in [0.29, 0.717) is 33.6 Å². The molecule has 8 aromatic rings. The number of fused-ring (bicyclic) bond motifs is 3. The molecule has 0 saturated heterocycles. The molecule has 0 amide bonds. The van der Waals surface area contributed by atoms with E-state index in [9.17, 15) is 17.6 Å². The number of para-hydroxylation sites is 2. The molecule has 0 atom stereocenters. The molecule has 232 valence electrons. The van der Waals surface area contributed by atoms with Crippen LogP contribution in [0.3, 0.4) is 0 Å². The molecule has 0 aliphatic heterocycles. The third-order valence-electron chi connectivity index (χ3n) is 8.42. The summed E-state index contributed by atoms with van der Waals surface area (Å²) in [6.07, 6.45) is 0. The summed E-state index contributed by atoms with van der Waals surface area (Å²) >= 11 is 0. The fourth-order valence-electron chi connectivity index (χ4n) is 6.32. The summed E-state index contributed by atoms with van der Waals surface area (Å²) in [4.78, 5) is 2.00. The minimum Gasteiger partial charge on any atom is -0.455 e. The van der Waals surface area contributed by atoms with Gasteiger partial charge in [0.1, 0.15) is 34.4 Å². The first-order valence-electron chi connectivity index (χ1n) is 15.3. The zero-order valence-electron chi connectivity index (χ0n) is 25.3. The smallest absolute Gasteiger partial charge is 0.143 e. The predicted molar refractivity (Wildman–Crippen MR) is 185 cm³/mol. The highest BCUT2D eigenvalue weighted by molar-refractivity contribution is 6.09. The molecule has 1 aromatic heterocycles. The quantitative estimate of drug-likeness (QED) is 0.169. The number of furan rings is 1. The van der Waals surface area contributed by atoms with Crippen molar-refractivity contribution in [3.8, 4) is 33.4 Å². The lowest BCUT2D eigenvalue weighted by atomic mass is 10.00. The van der Waals surface area contributed by atoms with Crippen molar-refractivity contribution in [1.29, 1.82) is 0 Å². The second-order valence-corrected chi connectivity index (χ2v) is 11.6. The Morgan fingerprint density at radius 3 is 1.40 bits per heavy atom. The van der Waals surface area contributed by atoms with Crippen LogP contribution in [0.5, 0.6) is 0 Å². The van der Waals surface area contributed by atoms with Gasteiger partial charge in [0.05, 0.1) is 0 Å². The molecule has 2 nitrogen and oxygen atoms in total. The van der Waals surface area contributed by atoms with Crippen molar-refractivity contribution in [1.82, 2.24) is 0 Å². The van der Waals surface area contributed by atoms with Gasteiger partial charge in [-0.15, -0.1) is 0 Å². The van der Waals surface area contributed by atoms with Crippen LogP contribution in [-0.4, -0.2) is 0 Å². The summed E-state index contributed by atoms with van der Waals surface area (Å²) in [6, 6.07) is 43.6. The Morgan fingerprint density at radius 1 is 0.375 bits per heavy atom. The van der Waals surface area contributed by atoms with Crippen LogP contribution in [0.1, 0.15) is 0 Å². The highest BCUT2D eigenvalue weighted by atomic mass is 19.1. The van der Waals surface area contributed by atoms with Crippen LogP contribution in [-0.2, 0) is 0 Å². The monoisotopic (exact) mass is 635 g/mol. The first-order valence-corrected chi connectivity index (χ1v) is 15.3. The van der Waals surface area contributed by atoms with Crippen LogP contribution >= 0.6 is 0 Å². The van der Waals surface area contributed by atoms with E-state index in [1.54, 1.807) is 12.1 Å². The van der Waals surface area contributed by atoms with E-state index in [0.717, 1.165) is 50.9 Å². The molecular formula is C42H25F4NO. The molecule has 48 heavy (non-hydrogen) atoms. The van der Waals surface area contributed by atoms with E-state index >= 15 is 0 Å². The minimum absolute atomic E-state index is 0.392. The fourth-order valence-corrected chi connectivity index (χ4v) is 6.32. The Morgan fingerprint density at radius 2 is 0.833 bits per heavy atom. The van der Waals surface area contributed by atoms with Gasteiger partial charge in [-0.1, -0.05) is 72.8 Å². The van der Waals surface area contributed by atoms with Crippen LogP contribution in [0, 0.1) is 23.3 Å². The third-order valence-corrected chi connectivity index (χ3v) is 8.42. The van der Waals surface area contributed by atoms with Gasteiger partial charge < -0.3 is 9.32 Å². The Balaban J connectivity index is 1.31. The van der Waals surface area contributed by atoms with Gasteiger partial charge in [-0.2, -0.15) is 0 Å². The Kier molecular flexibility index (Phi) is 7.26. The number of halogens is 4. The maximum Gasteiger partial charge on any atom is 0.143 e. The van der Waals surface area contributed by atoms with Crippen molar-refractivity contribution in [2.24, 2.45) is 0 Å². The number of benzene rings is 7. The second kappa shape index (κ2) is 11.9. The summed E-state index contributed by atoms with van der Waals surface area (Å²) in [5.41, 5.74) is 7.61. The fraction of sp³-hybridized carbons (Fsp3) is 0. The van der Waals surface area contributed by atoms with Crippen LogP contribution in [0.25, 0.3) is 55.3 Å². The summed E-state index contributed by atoms with van der Waals surface area (Å²) in [7, 11) is 0. The molecule has 0 N–H and O–H groups in total. The highest BCUT2D eigenvalue weighted by Crippen LogP contribution is 2.41. The van der Waals surface area contributed by atoms with Gasteiger partial charge in [0.25, 0.3) is 0 Å². The van der Waals surface area contributed by atoms with Gasteiger partial charge in [0.2, 0.25) is 0 Å². The van der Waals surface area contributed by atoms with Gasteiger partial charge in [-0.25, -0.2) is 17.6 Å². The molecule has 0 unspecified atom stereocenters. The van der Waals surface area contributed by atoms with Crippen molar-refractivity contribution in [2.45, 2.75) is 0 Å². The Labute approximate surface area is 273 Å². The van der Waals surface area contributed by atoms with Gasteiger partial charge in [0.15, 0.2) is 0 Å². The molecular weight excluding hydrogens is 610 g/mol. The molecule has 0 spiro atoms. The molecule has 0 saturated carbocycles. The number of anilines is 3. The summed E-state index contributed by atoms with van der Waals surface area (Å²) < 4.78 is 63.3. The summed E-state index contributed by atoms with van der Waals surface area (Å²) in [5, 5.41) is 2.04. The SMILES string of the molecule is Fc1cc(F)cc(-c2cccc(N(c3cccc(-c4cc(F)cc(F)c4)c3)c3cccc(-c4cccc5c4oc4ccccc45)c3)c2)c1. The van der Waals surface area contributed by atoms with Crippen molar-refractivity contribution < 1.29 is 22.0 Å². The lowest BCUT2D eigenvalue weighted by molar-refractivity contribution is 0.583. The lowest BCUT2D eigenvalue weighted by Crippen LogP contribution is -2.10. The van der Waals surface area contributed by atoms with Gasteiger partial charge in [-0.3, -0.25) is 0 Å². The molecule has 0 fully saturated rings. The van der Waals surface area contributed by atoms with Crippen LogP contribution in [0.4, 0.5) is 34.6 Å². The van der Waals surface area contributed by atoms with E-state index in [1.165, 1.54) is 24.3 Å². The largest absolute Gasteiger partial charge is 0.455 e. The van der Waals surface area contributed by atoms with Crippen molar-refractivity contribution >= 4 is 39.0 Å². The van der Waals surface area contributed by atoms with E-state index in [1.807, 2.05) is 108 Å². The zero-order valence-corrected chi connectivity index (χ0v) is 25.3. The highest BCUT2D eigenvalue weighted by Gasteiger charge is 2.18. The molecule has 0 radical (unpaired) electrons. The predicted octanol–water partition coefficient (Wildman–Crippen LogP) is 12.6. The molecule has 7 aromatic carbocycles. The van der Waals surface area contributed by atoms with E-state index in [2.05, 4.69) is 0 Å². The topological polar surface area (TPSA) is 16.4 Å². The molecule has 6 heteroatoms. The maximum atomic E-state index is 14.2. The average Bonchev–Trinajstić information content (AvgIpc) is 3.47. The Bertz CT molecular complexity index is 2350. The third kappa shape index (κ3) is 5.47.